The molecular weight excluding hydrogens is 298 g/mol. The van der Waals surface area contributed by atoms with Crippen LogP contribution in [0.15, 0.2) is 48.5 Å². The minimum Gasteiger partial charge on any atom is -0.454 e. The van der Waals surface area contributed by atoms with E-state index in [1.54, 1.807) is 30.3 Å². The third-order valence-corrected chi connectivity index (χ3v) is 3.40. The van der Waals surface area contributed by atoms with Crippen molar-refractivity contribution in [1.82, 2.24) is 5.32 Å². The molecule has 0 spiro atoms. The van der Waals surface area contributed by atoms with Gasteiger partial charge in [-0.15, -0.1) is 0 Å². The fraction of sp³-hybridized carbons (Fsp3) is 0.0588. The number of rotatable bonds is 4. The molecule has 23 heavy (non-hydrogen) atoms. The van der Waals surface area contributed by atoms with Gasteiger partial charge in [0.1, 0.15) is 0 Å². The average Bonchev–Trinajstić information content (AvgIpc) is 2.87. The van der Waals surface area contributed by atoms with Gasteiger partial charge in [-0.05, 0) is 18.2 Å². The number of carbonyl (C=O) groups excluding carboxylic acids is 4. The van der Waals surface area contributed by atoms with Gasteiger partial charge in [0.25, 0.3) is 11.8 Å². The Kier molecular flexibility index (Phi) is 3.72. The maximum atomic E-state index is 12.0. The highest BCUT2D eigenvalue weighted by atomic mass is 16.5. The predicted octanol–water partition coefficient (Wildman–Crippen LogP) is 1.61. The first-order valence-electron chi connectivity index (χ1n) is 6.81. The fourth-order valence-corrected chi connectivity index (χ4v) is 2.22. The zero-order chi connectivity index (χ0) is 16.4. The minimum atomic E-state index is -0.732. The third-order valence-electron chi connectivity index (χ3n) is 3.40. The van der Waals surface area contributed by atoms with E-state index in [0.29, 0.717) is 5.56 Å². The Bertz CT molecular complexity index is 826. The van der Waals surface area contributed by atoms with E-state index >= 15 is 0 Å². The molecule has 0 bridgehead atoms. The molecule has 1 N–H and O–H groups in total. The summed E-state index contributed by atoms with van der Waals surface area (Å²) in [6.07, 6.45) is 0. The van der Waals surface area contributed by atoms with E-state index < -0.39 is 24.4 Å². The van der Waals surface area contributed by atoms with Crippen LogP contribution in [0.3, 0.4) is 0 Å². The molecule has 0 saturated heterocycles. The molecular formula is C17H11NO5. The molecule has 0 saturated carbocycles. The van der Waals surface area contributed by atoms with Crippen LogP contribution in [0.2, 0.25) is 0 Å². The normalized spacial score (nSPS) is 12.5. The highest BCUT2D eigenvalue weighted by Gasteiger charge is 2.27. The summed E-state index contributed by atoms with van der Waals surface area (Å²) < 4.78 is 4.96. The second kappa shape index (κ2) is 5.84. The van der Waals surface area contributed by atoms with E-state index in [4.69, 9.17) is 4.74 Å². The van der Waals surface area contributed by atoms with Crippen molar-refractivity contribution < 1.29 is 23.9 Å². The maximum Gasteiger partial charge on any atom is 0.338 e. The summed E-state index contributed by atoms with van der Waals surface area (Å²) in [5.74, 6) is -2.11. The molecule has 3 rings (SSSR count). The van der Waals surface area contributed by atoms with Crippen LogP contribution in [-0.4, -0.2) is 30.2 Å². The number of hydrogen-bond acceptors (Lipinski definition) is 5. The van der Waals surface area contributed by atoms with Gasteiger partial charge < -0.3 is 4.74 Å². The quantitative estimate of drug-likeness (QED) is 0.526. The number of imide groups is 1. The Morgan fingerprint density at radius 1 is 0.870 bits per heavy atom. The maximum absolute atomic E-state index is 12.0. The summed E-state index contributed by atoms with van der Waals surface area (Å²) in [4.78, 5) is 46.9. The van der Waals surface area contributed by atoms with E-state index in [0.717, 1.165) is 0 Å². The van der Waals surface area contributed by atoms with Gasteiger partial charge in [-0.2, -0.15) is 0 Å². The lowest BCUT2D eigenvalue weighted by molar-refractivity contribution is 0.0474. The Labute approximate surface area is 131 Å². The molecule has 2 amide bonds. The minimum absolute atomic E-state index is 0.106. The summed E-state index contributed by atoms with van der Waals surface area (Å²) >= 11 is 0. The Morgan fingerprint density at radius 2 is 1.57 bits per heavy atom. The van der Waals surface area contributed by atoms with Crippen LogP contribution < -0.4 is 5.32 Å². The summed E-state index contributed by atoms with van der Waals surface area (Å²) in [5, 5.41) is 2.14. The lowest BCUT2D eigenvalue weighted by atomic mass is 10.1. The van der Waals surface area contributed by atoms with Gasteiger partial charge in [-0.3, -0.25) is 19.7 Å². The standard InChI is InChI=1S/C17H11NO5/c19-14(10-4-2-1-3-5-10)9-23-17(22)11-6-7-12-13(8-11)16(21)18-15(12)20/h1-8H,9H2,(H,18,20,21). The van der Waals surface area contributed by atoms with E-state index in [-0.39, 0.29) is 22.5 Å². The number of benzene rings is 2. The summed E-state index contributed by atoms with van der Waals surface area (Å²) in [5.41, 5.74) is 0.888. The first-order chi connectivity index (χ1) is 11.1. The van der Waals surface area contributed by atoms with Crippen LogP contribution in [-0.2, 0) is 4.74 Å². The molecule has 0 unspecified atom stereocenters. The SMILES string of the molecule is O=C(COC(=O)c1ccc2c(c1)C(=O)NC2=O)c1ccccc1. The lowest BCUT2D eigenvalue weighted by Crippen LogP contribution is -2.19. The molecule has 0 aliphatic carbocycles. The Hall–Kier alpha value is -3.28. The lowest BCUT2D eigenvalue weighted by Gasteiger charge is -2.05. The van der Waals surface area contributed by atoms with E-state index in [1.165, 1.54) is 18.2 Å². The molecule has 2 aromatic carbocycles. The van der Waals surface area contributed by atoms with Gasteiger partial charge in [-0.25, -0.2) is 4.79 Å². The van der Waals surface area contributed by atoms with Gasteiger partial charge in [0.05, 0.1) is 16.7 Å². The number of carbonyl (C=O) groups is 4. The van der Waals surface area contributed by atoms with Crippen LogP contribution in [0.5, 0.6) is 0 Å². The van der Waals surface area contributed by atoms with Crippen molar-refractivity contribution in [3.63, 3.8) is 0 Å². The topological polar surface area (TPSA) is 89.5 Å². The molecule has 1 aliphatic rings. The number of esters is 1. The second-order valence-corrected chi connectivity index (χ2v) is 4.91. The van der Waals surface area contributed by atoms with Crippen LogP contribution >= 0.6 is 0 Å². The van der Waals surface area contributed by atoms with Gasteiger partial charge in [0, 0.05) is 5.56 Å². The van der Waals surface area contributed by atoms with Crippen molar-refractivity contribution >= 4 is 23.6 Å². The second-order valence-electron chi connectivity index (χ2n) is 4.91. The van der Waals surface area contributed by atoms with Crippen LogP contribution in [0.4, 0.5) is 0 Å². The number of hydrogen-bond donors (Lipinski definition) is 1. The number of nitrogens with one attached hydrogen (secondary N) is 1. The molecule has 6 heteroatoms. The number of ketones is 1. The highest BCUT2D eigenvalue weighted by Crippen LogP contribution is 2.18. The number of Topliss-reactive ketones (excluding diaryl/α,β-unsaturated/α-hetero) is 1. The monoisotopic (exact) mass is 309 g/mol. The number of fused-ring (bicyclic) bond motifs is 1. The average molecular weight is 309 g/mol. The predicted molar refractivity (Wildman–Crippen MR) is 79.3 cm³/mol. The highest BCUT2D eigenvalue weighted by molar-refractivity contribution is 6.22. The van der Waals surface area contributed by atoms with Crippen LogP contribution in [0.25, 0.3) is 0 Å². The van der Waals surface area contributed by atoms with Crippen molar-refractivity contribution in [2.75, 3.05) is 6.61 Å². The Morgan fingerprint density at radius 3 is 2.30 bits per heavy atom. The molecule has 1 heterocycles. The smallest absolute Gasteiger partial charge is 0.338 e. The number of amides is 2. The molecule has 0 radical (unpaired) electrons. The van der Waals surface area contributed by atoms with Crippen LogP contribution in [0, 0.1) is 0 Å². The molecule has 0 atom stereocenters. The van der Waals surface area contributed by atoms with Gasteiger partial charge >= 0.3 is 5.97 Å². The zero-order valence-corrected chi connectivity index (χ0v) is 11.9. The van der Waals surface area contributed by atoms with Crippen molar-refractivity contribution in [3.8, 4) is 0 Å². The molecule has 114 valence electrons. The Balaban J connectivity index is 1.70. The van der Waals surface area contributed by atoms with Crippen molar-refractivity contribution in [2.24, 2.45) is 0 Å². The van der Waals surface area contributed by atoms with Crippen LogP contribution in [0.1, 0.15) is 41.4 Å². The largest absolute Gasteiger partial charge is 0.454 e. The fourth-order valence-electron chi connectivity index (χ4n) is 2.22. The molecule has 6 nitrogen and oxygen atoms in total. The van der Waals surface area contributed by atoms with E-state index in [9.17, 15) is 19.2 Å². The summed E-state index contributed by atoms with van der Waals surface area (Å²) in [7, 11) is 0. The first kappa shape index (κ1) is 14.6. The zero-order valence-electron chi connectivity index (χ0n) is 11.9. The molecule has 0 aromatic heterocycles. The van der Waals surface area contributed by atoms with Crippen molar-refractivity contribution in [3.05, 3.63) is 70.8 Å². The van der Waals surface area contributed by atoms with Crippen molar-refractivity contribution in [1.29, 1.82) is 0 Å². The van der Waals surface area contributed by atoms with Gasteiger partial charge in [0.15, 0.2) is 12.4 Å². The van der Waals surface area contributed by atoms with E-state index in [1.807, 2.05) is 0 Å². The van der Waals surface area contributed by atoms with E-state index in [2.05, 4.69) is 5.32 Å². The van der Waals surface area contributed by atoms with Crippen molar-refractivity contribution in [2.45, 2.75) is 0 Å². The first-order valence-corrected chi connectivity index (χ1v) is 6.81. The number of ether oxygens (including phenoxy) is 1. The molecule has 2 aromatic rings. The summed E-state index contributed by atoms with van der Waals surface area (Å²) in [6, 6.07) is 12.5. The summed E-state index contributed by atoms with van der Waals surface area (Å²) in [6.45, 7) is -0.398. The van der Waals surface area contributed by atoms with Gasteiger partial charge in [-0.1, -0.05) is 30.3 Å². The van der Waals surface area contributed by atoms with Gasteiger partial charge in [0.2, 0.25) is 0 Å². The molecule has 0 fully saturated rings. The third kappa shape index (κ3) is 2.87. The molecule has 1 aliphatic heterocycles.